The molecule has 5 rings (SSSR count). The van der Waals surface area contributed by atoms with E-state index in [4.69, 9.17) is 5.73 Å². The maximum absolute atomic E-state index is 13.0. The van der Waals surface area contributed by atoms with Crippen molar-refractivity contribution in [3.05, 3.63) is 90.1 Å². The first kappa shape index (κ1) is 21.4. The zero-order valence-electron chi connectivity index (χ0n) is 18.1. The molecule has 1 aliphatic heterocycles. The van der Waals surface area contributed by atoms with E-state index in [0.29, 0.717) is 36.4 Å². The molecule has 0 radical (unpaired) electrons. The zero-order chi connectivity index (χ0) is 23.0. The van der Waals surface area contributed by atoms with E-state index in [1.165, 1.54) is 0 Å². The number of nitrogens with zero attached hydrogens (tertiary/aromatic N) is 1. The highest BCUT2D eigenvalue weighted by Crippen LogP contribution is 2.37. The first-order valence-corrected chi connectivity index (χ1v) is 12.4. The third-order valence-electron chi connectivity index (χ3n) is 6.47. The summed E-state index contributed by atoms with van der Waals surface area (Å²) in [6.45, 7) is 0.908. The number of aromatic amines is 1. The standard InChI is InChI=1S/C26H25N3O3S/c27-26(30)23-16-20(18-7-3-1-4-8-18)15-22-24(17-28-25(22)23)19-11-13-29(14-12-19)33(31,32)21-9-5-2-6-10-21/h1-10,15-17,19,28H,11-14H2,(H2,27,30). The molecule has 1 aliphatic rings. The Bertz CT molecular complexity index is 1410. The predicted octanol–water partition coefficient (Wildman–Crippen LogP) is 4.50. The molecule has 6 nitrogen and oxygen atoms in total. The summed E-state index contributed by atoms with van der Waals surface area (Å²) in [6, 6.07) is 22.4. The highest BCUT2D eigenvalue weighted by atomic mass is 32.2. The Morgan fingerprint density at radius 2 is 1.55 bits per heavy atom. The van der Waals surface area contributed by atoms with Crippen LogP contribution in [0.1, 0.15) is 34.7 Å². The monoisotopic (exact) mass is 459 g/mol. The van der Waals surface area contributed by atoms with Crippen LogP contribution in [0.3, 0.4) is 0 Å². The van der Waals surface area contributed by atoms with Gasteiger partial charge in [0.2, 0.25) is 10.0 Å². The van der Waals surface area contributed by atoms with E-state index in [2.05, 4.69) is 11.1 Å². The van der Waals surface area contributed by atoms with Crippen molar-refractivity contribution < 1.29 is 13.2 Å². The maximum atomic E-state index is 13.0. The van der Waals surface area contributed by atoms with E-state index in [9.17, 15) is 13.2 Å². The minimum Gasteiger partial charge on any atom is -0.366 e. The fourth-order valence-electron chi connectivity index (χ4n) is 4.73. The summed E-state index contributed by atoms with van der Waals surface area (Å²) in [5, 5.41) is 0.967. The van der Waals surface area contributed by atoms with Gasteiger partial charge in [-0.3, -0.25) is 4.79 Å². The molecule has 1 aromatic heterocycles. The van der Waals surface area contributed by atoms with Crippen LogP contribution in [0.5, 0.6) is 0 Å². The van der Waals surface area contributed by atoms with Crippen molar-refractivity contribution in [3.63, 3.8) is 0 Å². The molecule has 2 heterocycles. The smallest absolute Gasteiger partial charge is 0.250 e. The second-order valence-electron chi connectivity index (χ2n) is 8.41. The van der Waals surface area contributed by atoms with Gasteiger partial charge in [-0.2, -0.15) is 4.31 Å². The lowest BCUT2D eigenvalue weighted by molar-refractivity contribution is 0.100. The van der Waals surface area contributed by atoms with Crippen LogP contribution >= 0.6 is 0 Å². The van der Waals surface area contributed by atoms with Gasteiger partial charge in [-0.05, 0) is 59.7 Å². The van der Waals surface area contributed by atoms with Crippen molar-refractivity contribution in [1.82, 2.24) is 9.29 Å². The Morgan fingerprint density at radius 1 is 0.909 bits per heavy atom. The molecule has 0 spiro atoms. The zero-order valence-corrected chi connectivity index (χ0v) is 18.9. The van der Waals surface area contributed by atoms with Gasteiger partial charge in [0, 0.05) is 24.7 Å². The molecule has 0 bridgehead atoms. The van der Waals surface area contributed by atoms with E-state index >= 15 is 0 Å². The second kappa shape index (κ2) is 8.50. The topological polar surface area (TPSA) is 96.3 Å². The highest BCUT2D eigenvalue weighted by molar-refractivity contribution is 7.89. The van der Waals surface area contributed by atoms with Crippen LogP contribution in [0.15, 0.2) is 83.9 Å². The van der Waals surface area contributed by atoms with E-state index in [1.807, 2.05) is 48.7 Å². The van der Waals surface area contributed by atoms with Gasteiger partial charge in [0.15, 0.2) is 0 Å². The van der Waals surface area contributed by atoms with Crippen LogP contribution < -0.4 is 5.73 Å². The number of piperidine rings is 1. The Morgan fingerprint density at radius 3 is 2.18 bits per heavy atom. The Labute approximate surface area is 193 Å². The summed E-state index contributed by atoms with van der Waals surface area (Å²) >= 11 is 0. The number of primary amides is 1. The number of aromatic nitrogens is 1. The number of amides is 1. The second-order valence-corrected chi connectivity index (χ2v) is 10.4. The highest BCUT2D eigenvalue weighted by Gasteiger charge is 2.31. The van der Waals surface area contributed by atoms with Gasteiger partial charge in [0.05, 0.1) is 16.0 Å². The number of fused-ring (bicyclic) bond motifs is 1. The fourth-order valence-corrected chi connectivity index (χ4v) is 6.22. The molecule has 0 unspecified atom stereocenters. The minimum atomic E-state index is -3.49. The molecule has 0 aliphatic carbocycles. The van der Waals surface area contributed by atoms with Gasteiger partial charge in [0.25, 0.3) is 5.91 Å². The summed E-state index contributed by atoms with van der Waals surface area (Å²) in [5.74, 6) is -0.289. The first-order chi connectivity index (χ1) is 15.9. The molecule has 1 saturated heterocycles. The van der Waals surface area contributed by atoms with Crippen molar-refractivity contribution in [1.29, 1.82) is 0 Å². The third-order valence-corrected chi connectivity index (χ3v) is 8.38. The molecule has 1 fully saturated rings. The maximum Gasteiger partial charge on any atom is 0.250 e. The molecule has 33 heavy (non-hydrogen) atoms. The van der Waals surface area contributed by atoms with Crippen molar-refractivity contribution in [2.75, 3.05) is 13.1 Å². The van der Waals surface area contributed by atoms with Crippen molar-refractivity contribution in [2.24, 2.45) is 5.73 Å². The Kier molecular flexibility index (Phi) is 5.52. The number of carbonyl (C=O) groups is 1. The number of nitrogens with one attached hydrogen (secondary N) is 1. The van der Waals surface area contributed by atoms with E-state index in [0.717, 1.165) is 27.6 Å². The van der Waals surface area contributed by atoms with Crippen LogP contribution in [-0.4, -0.2) is 36.7 Å². The third kappa shape index (κ3) is 3.94. The van der Waals surface area contributed by atoms with Crippen molar-refractivity contribution >= 4 is 26.8 Å². The summed E-state index contributed by atoms with van der Waals surface area (Å²) < 4.78 is 27.5. The molecule has 1 amide bonds. The number of nitrogens with two attached hydrogens (primary N) is 1. The number of hydrogen-bond donors (Lipinski definition) is 2. The van der Waals surface area contributed by atoms with E-state index in [-0.39, 0.29) is 5.92 Å². The number of benzene rings is 3. The molecule has 3 N–H and O–H groups in total. The van der Waals surface area contributed by atoms with Crippen LogP contribution in [0.25, 0.3) is 22.0 Å². The summed E-state index contributed by atoms with van der Waals surface area (Å²) in [6.07, 6.45) is 3.36. The SMILES string of the molecule is NC(=O)c1cc(-c2ccccc2)cc2c(C3CCN(S(=O)(=O)c4ccccc4)CC3)c[nH]c12. The van der Waals surface area contributed by atoms with Gasteiger partial charge < -0.3 is 10.7 Å². The Hall–Kier alpha value is -3.42. The average molecular weight is 460 g/mol. The van der Waals surface area contributed by atoms with Crippen molar-refractivity contribution in [3.8, 4) is 11.1 Å². The summed E-state index contributed by atoms with van der Waals surface area (Å²) in [5.41, 5.74) is 9.94. The molecule has 3 aromatic carbocycles. The molecule has 7 heteroatoms. The number of rotatable bonds is 5. The quantitative estimate of drug-likeness (QED) is 0.460. The van der Waals surface area contributed by atoms with Gasteiger partial charge in [0.1, 0.15) is 0 Å². The fraction of sp³-hybridized carbons (Fsp3) is 0.192. The van der Waals surface area contributed by atoms with E-state index < -0.39 is 15.9 Å². The lowest BCUT2D eigenvalue weighted by Crippen LogP contribution is -2.37. The molecule has 4 aromatic rings. The Balaban J connectivity index is 1.46. The predicted molar refractivity (Wildman–Crippen MR) is 129 cm³/mol. The number of carbonyl (C=O) groups excluding carboxylic acids is 1. The van der Waals surface area contributed by atoms with Crippen LogP contribution in [-0.2, 0) is 10.0 Å². The number of hydrogen-bond acceptors (Lipinski definition) is 3. The van der Waals surface area contributed by atoms with Crippen LogP contribution in [0.2, 0.25) is 0 Å². The van der Waals surface area contributed by atoms with Crippen molar-refractivity contribution in [2.45, 2.75) is 23.7 Å². The lowest BCUT2D eigenvalue weighted by Gasteiger charge is -2.31. The lowest BCUT2D eigenvalue weighted by atomic mass is 9.88. The molecule has 0 atom stereocenters. The average Bonchev–Trinajstić information content (AvgIpc) is 3.28. The van der Waals surface area contributed by atoms with Crippen LogP contribution in [0, 0.1) is 0 Å². The molecule has 0 saturated carbocycles. The summed E-state index contributed by atoms with van der Waals surface area (Å²) in [7, 11) is -3.49. The molecular weight excluding hydrogens is 434 g/mol. The largest absolute Gasteiger partial charge is 0.366 e. The number of H-pyrrole nitrogens is 1. The summed E-state index contributed by atoms with van der Waals surface area (Å²) in [4.78, 5) is 15.8. The van der Waals surface area contributed by atoms with Gasteiger partial charge in [-0.1, -0.05) is 48.5 Å². The van der Waals surface area contributed by atoms with E-state index in [1.54, 1.807) is 28.6 Å². The van der Waals surface area contributed by atoms with Crippen LogP contribution in [0.4, 0.5) is 0 Å². The molecule has 168 valence electrons. The number of sulfonamides is 1. The minimum absolute atomic E-state index is 0.188. The van der Waals surface area contributed by atoms with Gasteiger partial charge in [-0.15, -0.1) is 0 Å². The van der Waals surface area contributed by atoms with Gasteiger partial charge in [-0.25, -0.2) is 8.42 Å². The molecular formula is C26H25N3O3S. The van der Waals surface area contributed by atoms with Gasteiger partial charge >= 0.3 is 0 Å². The normalized spacial score (nSPS) is 15.6. The first-order valence-electron chi connectivity index (χ1n) is 11.0.